The van der Waals surface area contributed by atoms with E-state index in [9.17, 15) is 8.78 Å². The van der Waals surface area contributed by atoms with Crippen molar-refractivity contribution in [3.63, 3.8) is 0 Å². The van der Waals surface area contributed by atoms with Gasteiger partial charge >= 0.3 is 0 Å². The molecule has 0 aliphatic rings. The summed E-state index contributed by atoms with van der Waals surface area (Å²) in [5.74, 6) is 0.152. The van der Waals surface area contributed by atoms with Gasteiger partial charge in [-0.3, -0.25) is 0 Å². The van der Waals surface area contributed by atoms with E-state index in [1.807, 2.05) is 24.3 Å². The first kappa shape index (κ1) is 16.3. The van der Waals surface area contributed by atoms with Gasteiger partial charge in [0.25, 0.3) is 0 Å². The Labute approximate surface area is 146 Å². The van der Waals surface area contributed by atoms with Crippen molar-refractivity contribution < 1.29 is 8.78 Å². The van der Waals surface area contributed by atoms with Gasteiger partial charge in [-0.1, -0.05) is 12.1 Å². The summed E-state index contributed by atoms with van der Waals surface area (Å²) in [7, 11) is 0. The molecule has 7 heteroatoms. The van der Waals surface area contributed by atoms with Crippen molar-refractivity contribution in [1.82, 2.24) is 9.97 Å². The van der Waals surface area contributed by atoms with Crippen LogP contribution in [0.4, 0.5) is 31.8 Å². The van der Waals surface area contributed by atoms with Gasteiger partial charge in [0.05, 0.1) is 11.4 Å². The number of halogens is 3. The van der Waals surface area contributed by atoms with Crippen molar-refractivity contribution in [2.45, 2.75) is 6.92 Å². The number of benzene rings is 2. The number of nitrogens with zero attached hydrogens (tertiary/aromatic N) is 2. The van der Waals surface area contributed by atoms with Gasteiger partial charge in [-0.05, 0) is 47.1 Å². The fraction of sp³-hybridized carbons (Fsp3) is 0.0588. The highest BCUT2D eigenvalue weighted by atomic mass is 79.9. The van der Waals surface area contributed by atoms with Crippen LogP contribution in [0.1, 0.15) is 5.82 Å². The van der Waals surface area contributed by atoms with Crippen molar-refractivity contribution in [3.8, 4) is 0 Å². The lowest BCUT2D eigenvalue weighted by atomic mass is 10.3. The van der Waals surface area contributed by atoms with Gasteiger partial charge in [0.15, 0.2) is 0 Å². The van der Waals surface area contributed by atoms with Crippen molar-refractivity contribution in [3.05, 3.63) is 70.5 Å². The summed E-state index contributed by atoms with van der Waals surface area (Å²) in [5, 5.41) is 6.01. The number of hydrogen-bond acceptors (Lipinski definition) is 4. The molecule has 0 atom stereocenters. The molecule has 1 aromatic heterocycles. The third-order valence-corrected chi connectivity index (χ3v) is 3.86. The zero-order chi connectivity index (χ0) is 17.1. The highest BCUT2D eigenvalue weighted by Crippen LogP contribution is 2.26. The Morgan fingerprint density at radius 1 is 0.875 bits per heavy atom. The largest absolute Gasteiger partial charge is 0.339 e. The highest BCUT2D eigenvalue weighted by Gasteiger charge is 2.08. The van der Waals surface area contributed by atoms with Gasteiger partial charge in [0.1, 0.15) is 29.1 Å². The normalized spacial score (nSPS) is 10.5. The Hall–Kier alpha value is -2.54. The molecule has 0 spiro atoms. The lowest BCUT2D eigenvalue weighted by Gasteiger charge is -2.11. The molecule has 0 aliphatic heterocycles. The maximum atomic E-state index is 13.8. The summed E-state index contributed by atoms with van der Waals surface area (Å²) in [6, 6.07) is 12.6. The smallest absolute Gasteiger partial charge is 0.149 e. The SMILES string of the molecule is Cc1nc(Nc2ccc(F)cc2F)cc(Nc2ccccc2Br)n1. The van der Waals surface area contributed by atoms with Crippen LogP contribution in [0.2, 0.25) is 0 Å². The Balaban J connectivity index is 1.87. The average Bonchev–Trinajstić information content (AvgIpc) is 2.52. The molecule has 0 radical (unpaired) electrons. The van der Waals surface area contributed by atoms with Crippen LogP contribution >= 0.6 is 15.9 Å². The zero-order valence-corrected chi connectivity index (χ0v) is 14.2. The van der Waals surface area contributed by atoms with Crippen LogP contribution in [0, 0.1) is 18.6 Å². The van der Waals surface area contributed by atoms with E-state index in [1.165, 1.54) is 12.1 Å². The minimum absolute atomic E-state index is 0.140. The maximum absolute atomic E-state index is 13.8. The number of rotatable bonds is 4. The quantitative estimate of drug-likeness (QED) is 0.633. The van der Waals surface area contributed by atoms with E-state index in [0.717, 1.165) is 16.2 Å². The topological polar surface area (TPSA) is 49.8 Å². The van der Waals surface area contributed by atoms with E-state index in [4.69, 9.17) is 0 Å². The fourth-order valence-electron chi connectivity index (χ4n) is 2.13. The minimum Gasteiger partial charge on any atom is -0.339 e. The Kier molecular flexibility index (Phi) is 4.71. The molecule has 0 aliphatic carbocycles. The maximum Gasteiger partial charge on any atom is 0.149 e. The molecule has 122 valence electrons. The van der Waals surface area contributed by atoms with E-state index in [2.05, 4.69) is 36.5 Å². The van der Waals surface area contributed by atoms with Crippen LogP contribution in [0.3, 0.4) is 0 Å². The van der Waals surface area contributed by atoms with Crippen LogP contribution in [0.5, 0.6) is 0 Å². The molecule has 3 rings (SSSR count). The molecule has 2 aromatic carbocycles. The molecule has 1 heterocycles. The summed E-state index contributed by atoms with van der Waals surface area (Å²) in [6.45, 7) is 1.73. The summed E-state index contributed by atoms with van der Waals surface area (Å²) in [5.41, 5.74) is 0.982. The third kappa shape index (κ3) is 3.86. The molecule has 0 saturated heterocycles. The summed E-state index contributed by atoms with van der Waals surface area (Å²) in [6.07, 6.45) is 0. The number of aryl methyl sites for hydroxylation is 1. The van der Waals surface area contributed by atoms with Crippen LogP contribution in [0.25, 0.3) is 0 Å². The monoisotopic (exact) mass is 390 g/mol. The van der Waals surface area contributed by atoms with Gasteiger partial charge in [0.2, 0.25) is 0 Å². The van der Waals surface area contributed by atoms with E-state index < -0.39 is 11.6 Å². The molecule has 0 fully saturated rings. The number of hydrogen-bond donors (Lipinski definition) is 2. The number of para-hydroxylation sites is 1. The van der Waals surface area contributed by atoms with Crippen molar-refractivity contribution >= 4 is 38.9 Å². The number of nitrogens with one attached hydrogen (secondary N) is 2. The summed E-state index contributed by atoms with van der Waals surface area (Å²) >= 11 is 3.45. The average molecular weight is 391 g/mol. The first-order valence-electron chi connectivity index (χ1n) is 7.10. The fourth-order valence-corrected chi connectivity index (χ4v) is 2.51. The molecule has 0 saturated carbocycles. The zero-order valence-electron chi connectivity index (χ0n) is 12.6. The van der Waals surface area contributed by atoms with Crippen molar-refractivity contribution in [2.24, 2.45) is 0 Å². The molecule has 2 N–H and O–H groups in total. The first-order chi connectivity index (χ1) is 11.5. The van der Waals surface area contributed by atoms with Crippen LogP contribution in [0.15, 0.2) is 53.0 Å². The standard InChI is InChI=1S/C17H13BrF2N4/c1-10-21-16(23-14-5-3-2-4-12(14)18)9-17(22-10)24-15-7-6-11(19)8-13(15)20/h2-9H,1H3,(H2,21,22,23,24). The Morgan fingerprint density at radius 2 is 1.54 bits per heavy atom. The second-order valence-electron chi connectivity index (χ2n) is 5.04. The van der Waals surface area contributed by atoms with Gasteiger partial charge in [-0.25, -0.2) is 18.7 Å². The molecule has 4 nitrogen and oxygen atoms in total. The molecule has 24 heavy (non-hydrogen) atoms. The molecule has 0 bridgehead atoms. The Morgan fingerprint density at radius 3 is 2.21 bits per heavy atom. The van der Waals surface area contributed by atoms with Gasteiger partial charge in [-0.2, -0.15) is 0 Å². The van der Waals surface area contributed by atoms with Crippen LogP contribution in [-0.4, -0.2) is 9.97 Å². The molecular weight excluding hydrogens is 378 g/mol. The molecule has 3 aromatic rings. The number of anilines is 4. The third-order valence-electron chi connectivity index (χ3n) is 3.17. The molecular formula is C17H13BrF2N4. The van der Waals surface area contributed by atoms with Crippen LogP contribution in [-0.2, 0) is 0 Å². The molecule has 0 unspecified atom stereocenters. The van der Waals surface area contributed by atoms with Crippen molar-refractivity contribution in [1.29, 1.82) is 0 Å². The van der Waals surface area contributed by atoms with E-state index in [1.54, 1.807) is 13.0 Å². The molecule has 0 amide bonds. The van der Waals surface area contributed by atoms with Crippen molar-refractivity contribution in [2.75, 3.05) is 10.6 Å². The van der Waals surface area contributed by atoms with E-state index in [-0.39, 0.29) is 5.69 Å². The van der Waals surface area contributed by atoms with Gasteiger partial charge in [0, 0.05) is 16.6 Å². The van der Waals surface area contributed by atoms with Crippen LogP contribution < -0.4 is 10.6 Å². The first-order valence-corrected chi connectivity index (χ1v) is 7.90. The Bertz CT molecular complexity index is 886. The second-order valence-corrected chi connectivity index (χ2v) is 5.89. The highest BCUT2D eigenvalue weighted by molar-refractivity contribution is 9.10. The summed E-state index contributed by atoms with van der Waals surface area (Å²) in [4.78, 5) is 8.53. The van der Waals surface area contributed by atoms with E-state index >= 15 is 0 Å². The van der Waals surface area contributed by atoms with Gasteiger partial charge < -0.3 is 10.6 Å². The lowest BCUT2D eigenvalue weighted by Crippen LogP contribution is -2.02. The van der Waals surface area contributed by atoms with Gasteiger partial charge in [-0.15, -0.1) is 0 Å². The predicted octanol–water partition coefficient (Wildman–Crippen LogP) is 5.31. The predicted molar refractivity (Wildman–Crippen MR) is 93.8 cm³/mol. The summed E-state index contributed by atoms with van der Waals surface area (Å²) < 4.78 is 27.6. The number of aromatic nitrogens is 2. The second kappa shape index (κ2) is 6.92. The minimum atomic E-state index is -0.688. The van der Waals surface area contributed by atoms with E-state index in [0.29, 0.717) is 17.5 Å². The lowest BCUT2D eigenvalue weighted by molar-refractivity contribution is 0.586.